The fourth-order valence-electron chi connectivity index (χ4n) is 1.19. The molecule has 0 saturated carbocycles. The van der Waals surface area contributed by atoms with Crippen LogP contribution in [0.1, 0.15) is 5.82 Å². The molecule has 0 aliphatic rings. The van der Waals surface area contributed by atoms with Crippen molar-refractivity contribution in [3.05, 3.63) is 12.2 Å². The average molecular weight is 257 g/mol. The Morgan fingerprint density at radius 3 is 3.19 bits per heavy atom. The standard InChI is InChI=1S/C8H11N5OS2/c1-15-6-7(9)13-16-8(6)10-3-2-5-11-4-14-12-5/h4,10H,2-3H2,1H3,(H2,9,13). The Kier molecular flexibility index (Phi) is 3.62. The van der Waals surface area contributed by atoms with Crippen LogP contribution in [0.2, 0.25) is 0 Å². The Labute approximate surface area is 101 Å². The Bertz CT molecular complexity index is 441. The molecule has 3 N–H and O–H groups in total. The van der Waals surface area contributed by atoms with Crippen LogP contribution in [0.4, 0.5) is 10.8 Å². The van der Waals surface area contributed by atoms with Crippen molar-refractivity contribution in [2.75, 3.05) is 23.9 Å². The minimum absolute atomic E-state index is 0.583. The molecule has 86 valence electrons. The first-order valence-electron chi connectivity index (χ1n) is 4.59. The van der Waals surface area contributed by atoms with E-state index in [2.05, 4.69) is 24.4 Å². The molecular formula is C8H11N5OS2. The number of nitrogens with two attached hydrogens (primary N) is 1. The van der Waals surface area contributed by atoms with Crippen LogP contribution in [0.25, 0.3) is 0 Å². The summed E-state index contributed by atoms with van der Waals surface area (Å²) in [6.45, 7) is 0.731. The van der Waals surface area contributed by atoms with Gasteiger partial charge in [-0.25, -0.2) is 0 Å². The third-order valence-corrected chi connectivity index (χ3v) is 3.69. The Morgan fingerprint density at radius 1 is 1.62 bits per heavy atom. The van der Waals surface area contributed by atoms with Gasteiger partial charge >= 0.3 is 0 Å². The zero-order valence-corrected chi connectivity index (χ0v) is 10.3. The summed E-state index contributed by atoms with van der Waals surface area (Å²) in [6.07, 6.45) is 4.01. The van der Waals surface area contributed by atoms with E-state index in [1.165, 1.54) is 17.9 Å². The average Bonchev–Trinajstić information content (AvgIpc) is 2.89. The lowest BCUT2D eigenvalue weighted by Crippen LogP contribution is -2.05. The van der Waals surface area contributed by atoms with Gasteiger partial charge in [-0.15, -0.1) is 11.8 Å². The van der Waals surface area contributed by atoms with Crippen molar-refractivity contribution in [2.45, 2.75) is 11.3 Å². The quantitative estimate of drug-likeness (QED) is 0.784. The second-order valence-corrected chi connectivity index (χ2v) is 4.54. The minimum atomic E-state index is 0.583. The number of thioether (sulfide) groups is 1. The highest BCUT2D eigenvalue weighted by molar-refractivity contribution is 7.99. The smallest absolute Gasteiger partial charge is 0.213 e. The van der Waals surface area contributed by atoms with Gasteiger partial charge in [-0.2, -0.15) is 9.36 Å². The summed E-state index contributed by atoms with van der Waals surface area (Å²) in [5.74, 6) is 1.27. The number of rotatable bonds is 5. The summed E-state index contributed by atoms with van der Waals surface area (Å²) in [7, 11) is 0. The maximum atomic E-state index is 5.72. The van der Waals surface area contributed by atoms with E-state index in [0.29, 0.717) is 18.1 Å². The van der Waals surface area contributed by atoms with E-state index in [0.717, 1.165) is 16.4 Å². The topological polar surface area (TPSA) is 89.9 Å². The number of anilines is 2. The highest BCUT2D eigenvalue weighted by Crippen LogP contribution is 2.34. The van der Waals surface area contributed by atoms with E-state index in [1.54, 1.807) is 11.8 Å². The van der Waals surface area contributed by atoms with Gasteiger partial charge in [0.1, 0.15) is 5.00 Å². The summed E-state index contributed by atoms with van der Waals surface area (Å²) in [5, 5.41) is 7.98. The molecule has 0 radical (unpaired) electrons. The maximum Gasteiger partial charge on any atom is 0.213 e. The predicted molar refractivity (Wildman–Crippen MR) is 64.8 cm³/mol. The Hall–Kier alpha value is -1.28. The van der Waals surface area contributed by atoms with E-state index in [4.69, 9.17) is 5.73 Å². The zero-order chi connectivity index (χ0) is 11.4. The van der Waals surface area contributed by atoms with Gasteiger partial charge < -0.3 is 15.6 Å². The maximum absolute atomic E-state index is 5.72. The number of hydrogen-bond acceptors (Lipinski definition) is 8. The predicted octanol–water partition coefficient (Wildman–Crippen LogP) is 1.48. The number of nitrogens with zero attached hydrogens (tertiary/aromatic N) is 3. The van der Waals surface area contributed by atoms with Crippen molar-refractivity contribution >= 4 is 34.1 Å². The number of nitrogens with one attached hydrogen (secondary N) is 1. The summed E-state index contributed by atoms with van der Waals surface area (Å²) in [5.41, 5.74) is 5.72. The van der Waals surface area contributed by atoms with Crippen LogP contribution in [0.5, 0.6) is 0 Å². The van der Waals surface area contributed by atoms with Crippen molar-refractivity contribution in [2.24, 2.45) is 0 Å². The lowest BCUT2D eigenvalue weighted by Gasteiger charge is -2.02. The van der Waals surface area contributed by atoms with E-state index < -0.39 is 0 Å². The molecule has 2 aromatic heterocycles. The van der Waals surface area contributed by atoms with Crippen LogP contribution in [0.3, 0.4) is 0 Å². The minimum Gasteiger partial charge on any atom is -0.382 e. The van der Waals surface area contributed by atoms with E-state index in [9.17, 15) is 0 Å². The molecule has 2 rings (SSSR count). The summed E-state index contributed by atoms with van der Waals surface area (Å²) in [6, 6.07) is 0. The lowest BCUT2D eigenvalue weighted by atomic mass is 10.4. The van der Waals surface area contributed by atoms with Gasteiger partial charge in [0, 0.05) is 13.0 Å². The van der Waals surface area contributed by atoms with Crippen LogP contribution in [-0.4, -0.2) is 27.3 Å². The summed E-state index contributed by atoms with van der Waals surface area (Å²) in [4.78, 5) is 4.93. The van der Waals surface area contributed by atoms with Crippen LogP contribution in [0, 0.1) is 0 Å². The van der Waals surface area contributed by atoms with Crippen LogP contribution >= 0.6 is 23.3 Å². The molecule has 0 amide bonds. The normalized spacial score (nSPS) is 10.6. The van der Waals surface area contributed by atoms with Gasteiger partial charge in [0.25, 0.3) is 0 Å². The van der Waals surface area contributed by atoms with Gasteiger partial charge in [-0.1, -0.05) is 5.16 Å². The van der Waals surface area contributed by atoms with Crippen LogP contribution in [-0.2, 0) is 6.42 Å². The van der Waals surface area contributed by atoms with E-state index in [-0.39, 0.29) is 0 Å². The third kappa shape index (κ3) is 2.45. The largest absolute Gasteiger partial charge is 0.382 e. The summed E-state index contributed by atoms with van der Waals surface area (Å²) < 4.78 is 8.73. The molecule has 0 aromatic carbocycles. The van der Waals surface area contributed by atoms with Crippen molar-refractivity contribution in [1.82, 2.24) is 14.5 Å². The first kappa shape index (κ1) is 11.2. The lowest BCUT2D eigenvalue weighted by molar-refractivity contribution is 0.410. The van der Waals surface area contributed by atoms with Gasteiger partial charge in [0.05, 0.1) is 4.90 Å². The first-order chi connectivity index (χ1) is 7.81. The Balaban J connectivity index is 1.89. The molecule has 0 unspecified atom stereocenters. The fraction of sp³-hybridized carbons (Fsp3) is 0.375. The van der Waals surface area contributed by atoms with Crippen LogP contribution < -0.4 is 11.1 Å². The molecule has 2 aromatic rings. The van der Waals surface area contributed by atoms with Crippen molar-refractivity contribution < 1.29 is 4.52 Å². The van der Waals surface area contributed by atoms with Crippen molar-refractivity contribution in [1.29, 1.82) is 0 Å². The molecule has 6 nitrogen and oxygen atoms in total. The van der Waals surface area contributed by atoms with Gasteiger partial charge in [0.15, 0.2) is 11.6 Å². The molecule has 0 aliphatic heterocycles. The molecular weight excluding hydrogens is 246 g/mol. The molecule has 0 atom stereocenters. The molecule has 0 saturated heterocycles. The molecule has 0 bridgehead atoms. The molecule has 2 heterocycles. The fourth-order valence-corrected chi connectivity index (χ4v) is 2.76. The first-order valence-corrected chi connectivity index (χ1v) is 6.59. The third-order valence-electron chi connectivity index (χ3n) is 1.92. The van der Waals surface area contributed by atoms with E-state index in [1.807, 2.05) is 6.26 Å². The summed E-state index contributed by atoms with van der Waals surface area (Å²) >= 11 is 2.95. The van der Waals surface area contributed by atoms with E-state index >= 15 is 0 Å². The van der Waals surface area contributed by atoms with Crippen molar-refractivity contribution in [3.63, 3.8) is 0 Å². The highest BCUT2D eigenvalue weighted by atomic mass is 32.2. The SMILES string of the molecule is CSc1c(N)nsc1NCCc1ncon1. The monoisotopic (exact) mass is 257 g/mol. The van der Waals surface area contributed by atoms with Gasteiger partial charge in [-0.3, -0.25) is 0 Å². The number of hydrogen-bond donors (Lipinski definition) is 2. The molecule has 8 heteroatoms. The van der Waals surface area contributed by atoms with Crippen LogP contribution in [0.15, 0.2) is 15.8 Å². The second-order valence-electron chi connectivity index (χ2n) is 2.95. The molecule has 16 heavy (non-hydrogen) atoms. The Morgan fingerprint density at radius 2 is 2.50 bits per heavy atom. The second kappa shape index (κ2) is 5.17. The highest BCUT2D eigenvalue weighted by Gasteiger charge is 2.09. The number of aromatic nitrogens is 3. The zero-order valence-electron chi connectivity index (χ0n) is 8.64. The molecule has 0 fully saturated rings. The van der Waals surface area contributed by atoms with Gasteiger partial charge in [-0.05, 0) is 17.8 Å². The molecule has 0 spiro atoms. The number of nitrogen functional groups attached to an aromatic ring is 1. The van der Waals surface area contributed by atoms with Gasteiger partial charge in [0.2, 0.25) is 6.39 Å². The van der Waals surface area contributed by atoms with Crippen molar-refractivity contribution in [3.8, 4) is 0 Å². The molecule has 0 aliphatic carbocycles.